The number of aromatic nitrogens is 2. The number of imide groups is 2. The number of thiocarbonyl (C=S) groups is 1. The lowest BCUT2D eigenvalue weighted by atomic mass is 9.76. The molecular weight excluding hydrogens is 669 g/mol. The maximum absolute atomic E-state index is 13.2. The van der Waals surface area contributed by atoms with Crippen LogP contribution in [0.2, 0.25) is 5.02 Å². The van der Waals surface area contributed by atoms with Crippen LogP contribution in [0.3, 0.4) is 0 Å². The van der Waals surface area contributed by atoms with Crippen molar-refractivity contribution in [1.82, 2.24) is 20.0 Å². The lowest BCUT2D eigenvalue weighted by Gasteiger charge is -2.42. The van der Waals surface area contributed by atoms with Crippen molar-refractivity contribution in [3.05, 3.63) is 76.1 Å². The molecule has 3 aromatic rings. The standard InChI is InChI=1S/C33H26ClF3N6O4S/c34-24-12-20(33(35,36)37)4-7-25(24)39-31(48)32(10-1-11-32)42-17-18(14-38-42)2-3-19-15-41(16-19)21-5-6-22-23(13-21)30(47)43(29(22)46)26-8-9-27(44)40-28(26)45/h4-7,12-14,17,19,26H,1,8-11,15-16H2,(H,39,48)(H,40,44,45). The summed E-state index contributed by atoms with van der Waals surface area (Å²) in [5, 5.41) is 9.65. The van der Waals surface area contributed by atoms with E-state index >= 15 is 0 Å². The molecule has 3 aliphatic heterocycles. The molecule has 0 spiro atoms. The van der Waals surface area contributed by atoms with Gasteiger partial charge in [0, 0.05) is 31.4 Å². The number of anilines is 2. The molecule has 1 aliphatic carbocycles. The second-order valence-corrected chi connectivity index (χ2v) is 13.1. The molecule has 4 amide bonds. The number of halogens is 4. The lowest BCUT2D eigenvalue weighted by Crippen LogP contribution is -2.54. The van der Waals surface area contributed by atoms with E-state index in [1.54, 1.807) is 29.1 Å². The van der Waals surface area contributed by atoms with E-state index < -0.39 is 46.9 Å². The van der Waals surface area contributed by atoms with Crippen LogP contribution in [-0.4, -0.2) is 62.4 Å². The summed E-state index contributed by atoms with van der Waals surface area (Å²) < 4.78 is 40.9. The van der Waals surface area contributed by atoms with Gasteiger partial charge < -0.3 is 10.2 Å². The molecule has 1 unspecified atom stereocenters. The molecule has 1 atom stereocenters. The van der Waals surface area contributed by atoms with Crippen molar-refractivity contribution in [1.29, 1.82) is 0 Å². The number of fused-ring (bicyclic) bond motifs is 1. The van der Waals surface area contributed by atoms with Crippen molar-refractivity contribution in [2.75, 3.05) is 23.3 Å². The maximum atomic E-state index is 13.2. The Kier molecular flexibility index (Phi) is 7.79. The normalized spacial score (nSPS) is 20.4. The molecule has 4 aliphatic rings. The van der Waals surface area contributed by atoms with Gasteiger partial charge in [-0.3, -0.25) is 34.1 Å². The number of nitrogens with one attached hydrogen (secondary N) is 2. The largest absolute Gasteiger partial charge is 0.416 e. The van der Waals surface area contributed by atoms with Gasteiger partial charge in [0.1, 0.15) is 16.6 Å². The third kappa shape index (κ3) is 5.50. The molecule has 246 valence electrons. The molecule has 2 aromatic carbocycles. The van der Waals surface area contributed by atoms with E-state index in [9.17, 15) is 32.3 Å². The minimum absolute atomic E-state index is 0.0427. The topological polar surface area (TPSA) is 117 Å². The number of nitrogens with zero attached hydrogens (tertiary/aromatic N) is 4. The van der Waals surface area contributed by atoms with Gasteiger partial charge in [-0.25, -0.2) is 0 Å². The number of carbonyl (C=O) groups excluding carboxylic acids is 4. The van der Waals surface area contributed by atoms with Crippen LogP contribution >= 0.6 is 23.8 Å². The van der Waals surface area contributed by atoms with Gasteiger partial charge in [-0.2, -0.15) is 18.3 Å². The minimum Gasteiger partial charge on any atom is -0.369 e. The van der Waals surface area contributed by atoms with Crippen molar-refractivity contribution in [3.63, 3.8) is 0 Å². The molecule has 0 radical (unpaired) electrons. The van der Waals surface area contributed by atoms with Crippen molar-refractivity contribution < 1.29 is 32.3 Å². The van der Waals surface area contributed by atoms with Gasteiger partial charge in [0.15, 0.2) is 0 Å². The van der Waals surface area contributed by atoms with Crippen LogP contribution in [0.25, 0.3) is 0 Å². The third-order valence-electron chi connectivity index (χ3n) is 9.26. The van der Waals surface area contributed by atoms with Crippen molar-refractivity contribution in [3.8, 4) is 11.8 Å². The third-order valence-corrected chi connectivity index (χ3v) is 10.1. The van der Waals surface area contributed by atoms with Gasteiger partial charge >= 0.3 is 6.18 Å². The number of alkyl halides is 3. The van der Waals surface area contributed by atoms with Gasteiger partial charge in [0.25, 0.3) is 11.8 Å². The first-order valence-corrected chi connectivity index (χ1v) is 16.0. The summed E-state index contributed by atoms with van der Waals surface area (Å²) in [5.74, 6) is 4.28. The smallest absolute Gasteiger partial charge is 0.369 e. The minimum atomic E-state index is -4.50. The second-order valence-electron chi connectivity index (χ2n) is 12.3. The number of piperidine rings is 1. The number of rotatable bonds is 5. The van der Waals surface area contributed by atoms with E-state index in [2.05, 4.69) is 27.6 Å². The molecule has 4 heterocycles. The summed E-state index contributed by atoms with van der Waals surface area (Å²) in [5.41, 5.74) is 0.690. The quantitative estimate of drug-likeness (QED) is 0.223. The molecule has 3 fully saturated rings. The first-order chi connectivity index (χ1) is 22.8. The summed E-state index contributed by atoms with van der Waals surface area (Å²) >= 11 is 11.8. The Bertz CT molecular complexity index is 1970. The SMILES string of the molecule is O=C1CCC(N2C(=O)c3ccc(N4CC(C#Cc5cnn(C6(C(=S)Nc7ccc(C(F)(F)F)cc7Cl)CCC6)c5)C4)cc3C2=O)C(=O)N1. The van der Waals surface area contributed by atoms with Crippen LogP contribution in [0.5, 0.6) is 0 Å². The molecule has 7 rings (SSSR count). The Morgan fingerprint density at radius 3 is 2.48 bits per heavy atom. The number of hydrogen-bond donors (Lipinski definition) is 2. The average Bonchev–Trinajstić information content (AvgIpc) is 3.55. The van der Waals surface area contributed by atoms with E-state index in [1.165, 1.54) is 6.07 Å². The van der Waals surface area contributed by atoms with Crippen molar-refractivity contribution >= 4 is 63.8 Å². The Morgan fingerprint density at radius 1 is 1.06 bits per heavy atom. The highest BCUT2D eigenvalue weighted by Crippen LogP contribution is 2.42. The van der Waals surface area contributed by atoms with Crippen LogP contribution in [0.4, 0.5) is 24.5 Å². The van der Waals surface area contributed by atoms with Gasteiger partial charge in [-0.1, -0.05) is 35.7 Å². The van der Waals surface area contributed by atoms with E-state index in [0.29, 0.717) is 36.5 Å². The van der Waals surface area contributed by atoms with Crippen molar-refractivity contribution in [2.24, 2.45) is 5.92 Å². The molecular formula is C33H26ClF3N6O4S. The second kappa shape index (κ2) is 11.7. The molecule has 48 heavy (non-hydrogen) atoms. The molecule has 0 bridgehead atoms. The van der Waals surface area contributed by atoms with E-state index in [4.69, 9.17) is 23.8 Å². The first-order valence-electron chi connectivity index (χ1n) is 15.2. The number of hydrogen-bond acceptors (Lipinski definition) is 7. The predicted molar refractivity (Wildman–Crippen MR) is 172 cm³/mol. The Morgan fingerprint density at radius 2 is 1.81 bits per heavy atom. The number of carbonyl (C=O) groups is 4. The molecule has 10 nitrogen and oxygen atoms in total. The monoisotopic (exact) mass is 694 g/mol. The zero-order valence-corrected chi connectivity index (χ0v) is 26.6. The van der Waals surface area contributed by atoms with Crippen molar-refractivity contribution in [2.45, 2.75) is 49.9 Å². The maximum Gasteiger partial charge on any atom is 0.416 e. The Balaban J connectivity index is 0.984. The van der Waals surface area contributed by atoms with Crippen LogP contribution in [0, 0.1) is 17.8 Å². The summed E-state index contributed by atoms with van der Waals surface area (Å²) in [4.78, 5) is 53.4. The van der Waals surface area contributed by atoms with E-state index in [0.717, 1.165) is 29.1 Å². The van der Waals surface area contributed by atoms with Gasteiger partial charge in [0.2, 0.25) is 11.8 Å². The average molecular weight is 695 g/mol. The fourth-order valence-corrected chi connectivity index (χ4v) is 6.98. The van der Waals surface area contributed by atoms with Crippen LogP contribution in [0.15, 0.2) is 48.8 Å². The highest BCUT2D eigenvalue weighted by molar-refractivity contribution is 7.80. The van der Waals surface area contributed by atoms with E-state index in [1.807, 2.05) is 11.1 Å². The van der Waals surface area contributed by atoms with Crippen LogP contribution in [0.1, 0.15) is 63.9 Å². The zero-order valence-electron chi connectivity index (χ0n) is 25.1. The zero-order chi connectivity index (χ0) is 34.0. The fraction of sp³-hybridized carbons (Fsp3) is 0.333. The van der Waals surface area contributed by atoms with E-state index in [-0.39, 0.29) is 40.6 Å². The molecule has 2 N–H and O–H groups in total. The molecule has 1 saturated carbocycles. The molecule has 15 heteroatoms. The Hall–Kier alpha value is -4.74. The van der Waals surface area contributed by atoms with Crippen LogP contribution in [-0.2, 0) is 21.3 Å². The number of amides is 4. The predicted octanol–water partition coefficient (Wildman–Crippen LogP) is 4.76. The Labute approximate surface area is 282 Å². The summed E-state index contributed by atoms with van der Waals surface area (Å²) in [7, 11) is 0. The first kappa shape index (κ1) is 31.8. The molecule has 1 aromatic heterocycles. The highest BCUT2D eigenvalue weighted by Gasteiger charge is 2.46. The summed E-state index contributed by atoms with van der Waals surface area (Å²) in [6, 6.07) is 7.07. The summed E-state index contributed by atoms with van der Waals surface area (Å²) in [6.45, 7) is 1.20. The fourth-order valence-electron chi connectivity index (χ4n) is 6.35. The lowest BCUT2D eigenvalue weighted by molar-refractivity contribution is -0.138. The van der Waals surface area contributed by atoms with Gasteiger partial charge in [0.05, 0.1) is 45.1 Å². The van der Waals surface area contributed by atoms with Crippen LogP contribution < -0.4 is 15.5 Å². The van der Waals surface area contributed by atoms with Gasteiger partial charge in [-0.05, 0) is 62.1 Å². The highest BCUT2D eigenvalue weighted by atomic mass is 35.5. The summed E-state index contributed by atoms with van der Waals surface area (Å²) in [6.07, 6.45) is 1.40. The number of benzene rings is 2. The van der Waals surface area contributed by atoms with Gasteiger partial charge in [-0.15, -0.1) is 0 Å². The molecule has 2 saturated heterocycles.